The van der Waals surface area contributed by atoms with Gasteiger partial charge in [0.15, 0.2) is 5.96 Å². The third kappa shape index (κ3) is 4.65. The van der Waals surface area contributed by atoms with Crippen LogP contribution in [0.15, 0.2) is 59.6 Å². The number of rotatable bonds is 5. The first kappa shape index (κ1) is 20.4. The minimum Gasteiger partial charge on any atom is -0.354 e. The number of aromatic nitrogens is 2. The van der Waals surface area contributed by atoms with Crippen molar-refractivity contribution < 1.29 is 0 Å². The van der Waals surface area contributed by atoms with Gasteiger partial charge in [0.05, 0.1) is 17.6 Å². The largest absolute Gasteiger partial charge is 0.354 e. The molecular weight excluding hydrogens is 372 g/mol. The lowest BCUT2D eigenvalue weighted by Crippen LogP contribution is -2.51. The molecule has 2 atom stereocenters. The first-order valence-corrected chi connectivity index (χ1v) is 10.8. The summed E-state index contributed by atoms with van der Waals surface area (Å²) in [5.74, 6) is 1.85. The summed E-state index contributed by atoms with van der Waals surface area (Å²) in [6.45, 7) is 5.09. The van der Waals surface area contributed by atoms with Gasteiger partial charge in [0, 0.05) is 39.3 Å². The molecular formula is C24H32N6. The molecule has 0 spiro atoms. The Morgan fingerprint density at radius 1 is 1.13 bits per heavy atom. The summed E-state index contributed by atoms with van der Waals surface area (Å²) < 4.78 is 2.14. The molecule has 30 heavy (non-hydrogen) atoms. The quantitative estimate of drug-likeness (QED) is 0.506. The topological polar surface area (TPSA) is 57.5 Å². The minimum atomic E-state index is 0.429. The number of imidazole rings is 1. The molecule has 0 amide bonds. The monoisotopic (exact) mass is 404 g/mol. The van der Waals surface area contributed by atoms with E-state index < -0.39 is 0 Å². The van der Waals surface area contributed by atoms with Crippen molar-refractivity contribution in [3.8, 4) is 0 Å². The Morgan fingerprint density at radius 3 is 2.63 bits per heavy atom. The van der Waals surface area contributed by atoms with E-state index in [1.165, 1.54) is 5.56 Å². The Balaban J connectivity index is 1.30. The molecule has 1 aliphatic rings. The highest BCUT2D eigenvalue weighted by Gasteiger charge is 2.26. The van der Waals surface area contributed by atoms with Crippen molar-refractivity contribution in [2.45, 2.75) is 44.9 Å². The summed E-state index contributed by atoms with van der Waals surface area (Å²) in [7, 11) is 3.89. The highest BCUT2D eigenvalue weighted by molar-refractivity contribution is 5.80. The molecule has 1 aromatic heterocycles. The molecule has 3 aromatic rings. The number of likely N-dealkylation sites (tertiary alicyclic amines) is 1. The first-order chi connectivity index (χ1) is 14.6. The molecule has 1 fully saturated rings. The Morgan fingerprint density at radius 2 is 1.90 bits per heavy atom. The lowest BCUT2D eigenvalue weighted by atomic mass is 9.97. The molecule has 0 aliphatic carbocycles. The van der Waals surface area contributed by atoms with E-state index in [1.54, 1.807) is 0 Å². The predicted octanol–water partition coefficient (Wildman–Crippen LogP) is 3.29. The van der Waals surface area contributed by atoms with Gasteiger partial charge in [-0.2, -0.15) is 0 Å². The van der Waals surface area contributed by atoms with E-state index in [0.717, 1.165) is 48.7 Å². The van der Waals surface area contributed by atoms with Gasteiger partial charge in [0.1, 0.15) is 5.82 Å². The van der Waals surface area contributed by atoms with Gasteiger partial charge in [-0.1, -0.05) is 42.5 Å². The number of piperidine rings is 1. The van der Waals surface area contributed by atoms with Crippen LogP contribution in [0.4, 0.5) is 0 Å². The zero-order chi connectivity index (χ0) is 20.9. The number of aliphatic imine (C=N–C) groups is 1. The van der Waals surface area contributed by atoms with Crippen molar-refractivity contribution in [3.63, 3.8) is 0 Å². The molecule has 1 aliphatic heterocycles. The van der Waals surface area contributed by atoms with E-state index >= 15 is 0 Å². The Hall–Kier alpha value is -2.86. The van der Waals surface area contributed by atoms with Crippen LogP contribution in [0.25, 0.3) is 11.0 Å². The van der Waals surface area contributed by atoms with Gasteiger partial charge in [-0.05, 0) is 37.5 Å². The standard InChI is InChI=1S/C24H32N6/c1-18-15-20(13-14-30(18)17-19-9-5-4-6-10-19)27-24(25-2)26-16-23-28-21-11-7-8-12-22(21)29(23)3/h4-12,18,20H,13-17H2,1-3H3,(H2,25,26,27). The number of hydrogen-bond donors (Lipinski definition) is 2. The van der Waals surface area contributed by atoms with Gasteiger partial charge in [0.25, 0.3) is 0 Å². The minimum absolute atomic E-state index is 0.429. The molecule has 2 aromatic carbocycles. The van der Waals surface area contributed by atoms with E-state index in [1.807, 2.05) is 19.2 Å². The number of para-hydroxylation sites is 2. The average Bonchev–Trinajstić information content (AvgIpc) is 3.09. The Kier molecular flexibility index (Phi) is 6.33. The van der Waals surface area contributed by atoms with Crippen LogP contribution in [0.5, 0.6) is 0 Å². The van der Waals surface area contributed by atoms with Crippen LogP contribution in [-0.4, -0.2) is 46.1 Å². The average molecular weight is 405 g/mol. The molecule has 2 N–H and O–H groups in total. The van der Waals surface area contributed by atoms with E-state index in [-0.39, 0.29) is 0 Å². The molecule has 0 saturated carbocycles. The number of nitrogens with zero attached hydrogens (tertiary/aromatic N) is 4. The summed E-state index contributed by atoms with van der Waals surface area (Å²) in [4.78, 5) is 11.7. The van der Waals surface area contributed by atoms with Crippen LogP contribution in [0.3, 0.4) is 0 Å². The number of aryl methyl sites for hydroxylation is 1. The summed E-state index contributed by atoms with van der Waals surface area (Å²) >= 11 is 0. The maximum Gasteiger partial charge on any atom is 0.191 e. The fourth-order valence-electron chi connectivity index (χ4n) is 4.31. The van der Waals surface area contributed by atoms with Crippen molar-refractivity contribution >= 4 is 17.0 Å². The molecule has 4 rings (SSSR count). The van der Waals surface area contributed by atoms with Crippen molar-refractivity contribution in [3.05, 3.63) is 66.0 Å². The van der Waals surface area contributed by atoms with Crippen LogP contribution in [0.2, 0.25) is 0 Å². The highest BCUT2D eigenvalue weighted by Crippen LogP contribution is 2.20. The van der Waals surface area contributed by atoms with Crippen molar-refractivity contribution in [1.29, 1.82) is 0 Å². The second-order valence-corrected chi connectivity index (χ2v) is 8.17. The number of nitrogens with one attached hydrogen (secondary N) is 2. The summed E-state index contributed by atoms with van der Waals surface area (Å²) in [5.41, 5.74) is 3.56. The van der Waals surface area contributed by atoms with E-state index in [0.29, 0.717) is 18.6 Å². The maximum atomic E-state index is 4.74. The van der Waals surface area contributed by atoms with Crippen molar-refractivity contribution in [2.24, 2.45) is 12.0 Å². The first-order valence-electron chi connectivity index (χ1n) is 10.8. The molecule has 6 heteroatoms. The molecule has 1 saturated heterocycles. The smallest absolute Gasteiger partial charge is 0.191 e. The number of guanidine groups is 1. The molecule has 2 heterocycles. The van der Waals surface area contributed by atoms with Crippen molar-refractivity contribution in [2.75, 3.05) is 13.6 Å². The van der Waals surface area contributed by atoms with Gasteiger partial charge in [-0.25, -0.2) is 4.98 Å². The predicted molar refractivity (Wildman–Crippen MR) is 123 cm³/mol. The Bertz CT molecular complexity index is 993. The molecule has 0 bridgehead atoms. The highest BCUT2D eigenvalue weighted by atomic mass is 15.2. The lowest BCUT2D eigenvalue weighted by Gasteiger charge is -2.38. The van der Waals surface area contributed by atoms with E-state index in [4.69, 9.17) is 4.98 Å². The second kappa shape index (κ2) is 9.30. The molecule has 158 valence electrons. The van der Waals surface area contributed by atoms with Gasteiger partial charge in [-0.15, -0.1) is 0 Å². The fourth-order valence-corrected chi connectivity index (χ4v) is 4.31. The third-order valence-corrected chi connectivity index (χ3v) is 6.10. The molecule has 6 nitrogen and oxygen atoms in total. The fraction of sp³-hybridized carbons (Fsp3) is 0.417. The third-order valence-electron chi connectivity index (χ3n) is 6.10. The Labute approximate surface area is 179 Å². The van der Waals surface area contributed by atoms with Gasteiger partial charge in [-0.3, -0.25) is 9.89 Å². The summed E-state index contributed by atoms with van der Waals surface area (Å²) in [6, 6.07) is 19.9. The molecule has 0 radical (unpaired) electrons. The van der Waals surface area contributed by atoms with Crippen LogP contribution in [0, 0.1) is 0 Å². The maximum absolute atomic E-state index is 4.74. The molecule has 2 unspecified atom stereocenters. The number of hydrogen-bond acceptors (Lipinski definition) is 3. The van der Waals surface area contributed by atoms with Crippen LogP contribution < -0.4 is 10.6 Å². The van der Waals surface area contributed by atoms with Gasteiger partial charge >= 0.3 is 0 Å². The van der Waals surface area contributed by atoms with Crippen molar-refractivity contribution in [1.82, 2.24) is 25.1 Å². The van der Waals surface area contributed by atoms with Gasteiger partial charge < -0.3 is 15.2 Å². The SMILES string of the molecule is CN=C(NCc1nc2ccccc2n1C)NC1CCN(Cc2ccccc2)C(C)C1. The van der Waals surface area contributed by atoms with E-state index in [2.05, 4.69) is 81.5 Å². The van der Waals surface area contributed by atoms with E-state index in [9.17, 15) is 0 Å². The number of benzene rings is 2. The van der Waals surface area contributed by atoms with Crippen LogP contribution in [0.1, 0.15) is 31.2 Å². The summed E-state index contributed by atoms with van der Waals surface area (Å²) in [6.07, 6.45) is 2.23. The zero-order valence-corrected chi connectivity index (χ0v) is 18.2. The lowest BCUT2D eigenvalue weighted by molar-refractivity contribution is 0.134. The van der Waals surface area contributed by atoms with Gasteiger partial charge in [0.2, 0.25) is 0 Å². The zero-order valence-electron chi connectivity index (χ0n) is 18.2. The number of fused-ring (bicyclic) bond motifs is 1. The summed E-state index contributed by atoms with van der Waals surface area (Å²) in [5, 5.41) is 7.06. The van der Waals surface area contributed by atoms with Crippen LogP contribution in [-0.2, 0) is 20.1 Å². The second-order valence-electron chi connectivity index (χ2n) is 8.17. The van der Waals surface area contributed by atoms with Crippen LogP contribution >= 0.6 is 0 Å². The normalized spacial score (nSPS) is 20.4.